The number of hydrogen-bond donors (Lipinski definition) is 0. The highest BCUT2D eigenvalue weighted by Gasteiger charge is 2.23. The molecular formula is C23H26IN3O2S. The summed E-state index contributed by atoms with van der Waals surface area (Å²) in [4.78, 5) is 22.7. The molecule has 1 aliphatic heterocycles. The molecule has 0 aliphatic carbocycles. The molecule has 4 rings (SSSR count). The first-order valence-electron chi connectivity index (χ1n) is 10.3. The van der Waals surface area contributed by atoms with Gasteiger partial charge in [0.25, 0.3) is 5.91 Å². The van der Waals surface area contributed by atoms with Gasteiger partial charge in [-0.15, -0.1) is 0 Å². The molecule has 2 aromatic carbocycles. The van der Waals surface area contributed by atoms with Gasteiger partial charge in [-0.25, -0.2) is 4.98 Å². The molecule has 0 bridgehead atoms. The zero-order valence-electron chi connectivity index (χ0n) is 17.4. The van der Waals surface area contributed by atoms with E-state index in [0.29, 0.717) is 6.54 Å². The smallest absolute Gasteiger partial charge is 0.261 e. The van der Waals surface area contributed by atoms with Crippen molar-refractivity contribution in [1.29, 1.82) is 0 Å². The largest absolute Gasteiger partial charge is 0.379 e. The van der Waals surface area contributed by atoms with Gasteiger partial charge in [0.1, 0.15) is 0 Å². The average molecular weight is 535 g/mol. The second-order valence-corrected chi connectivity index (χ2v) is 9.81. The molecule has 1 saturated heterocycles. The van der Waals surface area contributed by atoms with Gasteiger partial charge in [-0.3, -0.25) is 14.6 Å². The van der Waals surface area contributed by atoms with Crippen molar-refractivity contribution in [2.24, 2.45) is 0 Å². The Hall–Kier alpha value is -1.55. The molecule has 1 aliphatic rings. The highest BCUT2D eigenvalue weighted by atomic mass is 127. The number of nitrogens with zero attached hydrogens (tertiary/aromatic N) is 3. The Labute approximate surface area is 195 Å². The topological polar surface area (TPSA) is 45.7 Å². The lowest BCUT2D eigenvalue weighted by Gasteiger charge is -2.27. The number of thiazole rings is 1. The summed E-state index contributed by atoms with van der Waals surface area (Å²) < 4.78 is 7.57. The summed E-state index contributed by atoms with van der Waals surface area (Å²) in [6.07, 6.45) is 0.906. The van der Waals surface area contributed by atoms with Crippen LogP contribution in [0.3, 0.4) is 0 Å². The summed E-state index contributed by atoms with van der Waals surface area (Å²) in [6, 6.07) is 12.0. The number of amides is 1. The third-order valence-corrected chi connectivity index (χ3v) is 7.52. The Kier molecular flexibility index (Phi) is 7.02. The summed E-state index contributed by atoms with van der Waals surface area (Å²) in [6.45, 7) is 9.32. The van der Waals surface area contributed by atoms with Crippen LogP contribution in [0.5, 0.6) is 0 Å². The van der Waals surface area contributed by atoms with Gasteiger partial charge < -0.3 is 4.74 Å². The number of anilines is 1. The van der Waals surface area contributed by atoms with Gasteiger partial charge in [0.05, 0.1) is 29.0 Å². The monoisotopic (exact) mass is 535 g/mol. The molecule has 1 amide bonds. The SMILES string of the molecule is Cc1cc(C)c2sc(N(CCCN3CCOCC3)C(=O)c3ccccc3I)nc2c1. The quantitative estimate of drug-likeness (QED) is 0.422. The fraction of sp³-hybridized carbons (Fsp3) is 0.391. The number of morpholine rings is 1. The number of halogens is 1. The Morgan fingerprint density at radius 1 is 1.23 bits per heavy atom. The maximum Gasteiger partial charge on any atom is 0.261 e. The molecule has 158 valence electrons. The number of aryl methyl sites for hydroxylation is 2. The third-order valence-electron chi connectivity index (χ3n) is 5.35. The van der Waals surface area contributed by atoms with Crippen molar-refractivity contribution in [1.82, 2.24) is 9.88 Å². The molecule has 0 unspecified atom stereocenters. The van der Waals surface area contributed by atoms with E-state index in [-0.39, 0.29) is 5.91 Å². The number of carbonyl (C=O) groups excluding carboxylic acids is 1. The van der Waals surface area contributed by atoms with Gasteiger partial charge in [-0.2, -0.15) is 0 Å². The van der Waals surface area contributed by atoms with E-state index in [1.54, 1.807) is 11.3 Å². The molecule has 0 atom stereocenters. The molecule has 7 heteroatoms. The summed E-state index contributed by atoms with van der Waals surface area (Å²) in [5.74, 6) is 0.0235. The second-order valence-electron chi connectivity index (χ2n) is 7.67. The van der Waals surface area contributed by atoms with Gasteiger partial charge in [0.15, 0.2) is 5.13 Å². The van der Waals surface area contributed by atoms with Crippen LogP contribution in [0, 0.1) is 17.4 Å². The molecule has 30 heavy (non-hydrogen) atoms. The number of fused-ring (bicyclic) bond motifs is 1. The maximum absolute atomic E-state index is 13.5. The summed E-state index contributed by atoms with van der Waals surface area (Å²) in [7, 11) is 0. The van der Waals surface area contributed by atoms with Crippen molar-refractivity contribution in [3.05, 3.63) is 56.7 Å². The molecule has 3 aromatic rings. The molecule has 0 N–H and O–H groups in total. The summed E-state index contributed by atoms with van der Waals surface area (Å²) >= 11 is 3.85. The molecule has 1 fully saturated rings. The molecule has 0 saturated carbocycles. The zero-order valence-corrected chi connectivity index (χ0v) is 20.3. The number of carbonyl (C=O) groups is 1. The lowest BCUT2D eigenvalue weighted by Crippen LogP contribution is -2.39. The highest BCUT2D eigenvalue weighted by molar-refractivity contribution is 14.1. The Morgan fingerprint density at radius 2 is 2.00 bits per heavy atom. The van der Waals surface area contributed by atoms with Crippen LogP contribution in [0.4, 0.5) is 5.13 Å². The molecule has 2 heterocycles. The number of benzene rings is 2. The first-order valence-corrected chi connectivity index (χ1v) is 12.2. The van der Waals surface area contributed by atoms with Crippen molar-refractivity contribution in [2.45, 2.75) is 20.3 Å². The predicted molar refractivity (Wildman–Crippen MR) is 132 cm³/mol. The van der Waals surface area contributed by atoms with Gasteiger partial charge in [0, 0.05) is 29.7 Å². The van der Waals surface area contributed by atoms with E-state index < -0.39 is 0 Å². The minimum absolute atomic E-state index is 0.0235. The molecular weight excluding hydrogens is 509 g/mol. The van der Waals surface area contributed by atoms with E-state index in [9.17, 15) is 4.79 Å². The van der Waals surface area contributed by atoms with Gasteiger partial charge >= 0.3 is 0 Å². The van der Waals surface area contributed by atoms with Crippen LogP contribution in [-0.4, -0.2) is 55.2 Å². The maximum atomic E-state index is 13.5. The molecule has 1 aromatic heterocycles. The fourth-order valence-electron chi connectivity index (χ4n) is 3.82. The van der Waals surface area contributed by atoms with Crippen molar-refractivity contribution >= 4 is 55.2 Å². The Morgan fingerprint density at radius 3 is 2.77 bits per heavy atom. The van der Waals surface area contributed by atoms with E-state index in [4.69, 9.17) is 9.72 Å². The van der Waals surface area contributed by atoms with Crippen molar-refractivity contribution in [3.63, 3.8) is 0 Å². The Balaban J connectivity index is 1.62. The lowest BCUT2D eigenvalue weighted by atomic mass is 10.1. The van der Waals surface area contributed by atoms with Crippen LogP contribution in [0.2, 0.25) is 0 Å². The molecule has 0 radical (unpaired) electrons. The van der Waals surface area contributed by atoms with Crippen LogP contribution < -0.4 is 4.90 Å². The number of rotatable bonds is 6. The van der Waals surface area contributed by atoms with E-state index in [1.165, 1.54) is 11.1 Å². The predicted octanol–water partition coefficient (Wildman–Crippen LogP) is 4.89. The zero-order chi connectivity index (χ0) is 21.1. The van der Waals surface area contributed by atoms with E-state index in [1.807, 2.05) is 29.2 Å². The van der Waals surface area contributed by atoms with E-state index >= 15 is 0 Å². The average Bonchev–Trinajstić information content (AvgIpc) is 3.16. The van der Waals surface area contributed by atoms with Crippen LogP contribution >= 0.6 is 33.9 Å². The third kappa shape index (κ3) is 4.85. The van der Waals surface area contributed by atoms with Gasteiger partial charge in [0.2, 0.25) is 0 Å². The van der Waals surface area contributed by atoms with Crippen LogP contribution in [0.25, 0.3) is 10.2 Å². The minimum atomic E-state index is 0.0235. The first-order chi connectivity index (χ1) is 14.5. The molecule has 0 spiro atoms. The van der Waals surface area contributed by atoms with Gasteiger partial charge in [-0.05, 0) is 72.2 Å². The van der Waals surface area contributed by atoms with Gasteiger partial charge in [-0.1, -0.05) is 29.5 Å². The van der Waals surface area contributed by atoms with Crippen LogP contribution in [0.1, 0.15) is 27.9 Å². The van der Waals surface area contributed by atoms with Crippen molar-refractivity contribution in [2.75, 3.05) is 44.3 Å². The summed E-state index contributed by atoms with van der Waals surface area (Å²) in [5, 5.41) is 0.783. The highest BCUT2D eigenvalue weighted by Crippen LogP contribution is 2.33. The van der Waals surface area contributed by atoms with Crippen molar-refractivity contribution < 1.29 is 9.53 Å². The normalized spacial score (nSPS) is 14.9. The second kappa shape index (κ2) is 9.72. The number of aromatic nitrogens is 1. The molecule has 5 nitrogen and oxygen atoms in total. The number of hydrogen-bond acceptors (Lipinski definition) is 5. The van der Waals surface area contributed by atoms with Crippen LogP contribution in [0.15, 0.2) is 36.4 Å². The number of ether oxygens (including phenoxy) is 1. The Bertz CT molecular complexity index is 1050. The minimum Gasteiger partial charge on any atom is -0.379 e. The van der Waals surface area contributed by atoms with Crippen molar-refractivity contribution in [3.8, 4) is 0 Å². The fourth-order valence-corrected chi connectivity index (χ4v) is 5.48. The first kappa shape index (κ1) is 21.7. The van der Waals surface area contributed by atoms with Crippen LogP contribution in [-0.2, 0) is 4.74 Å². The van der Waals surface area contributed by atoms with E-state index in [2.05, 4.69) is 53.5 Å². The standard InChI is InChI=1S/C23H26IN3O2S/c1-16-14-17(2)21-20(15-16)25-23(30-21)27(9-5-8-26-10-12-29-13-11-26)22(28)18-6-3-4-7-19(18)24/h3-4,6-7,14-15H,5,8-13H2,1-2H3. The van der Waals surface area contributed by atoms with E-state index in [0.717, 1.165) is 63.8 Å². The lowest BCUT2D eigenvalue weighted by molar-refractivity contribution is 0.0376. The summed E-state index contributed by atoms with van der Waals surface area (Å²) in [5.41, 5.74) is 4.11.